The van der Waals surface area contributed by atoms with Crippen LogP contribution in [0, 0.1) is 5.82 Å². The molecular weight excluding hydrogens is 395 g/mol. The van der Waals surface area contributed by atoms with Gasteiger partial charge in [0.2, 0.25) is 0 Å². The van der Waals surface area contributed by atoms with E-state index in [0.717, 1.165) is 31.9 Å². The van der Waals surface area contributed by atoms with Gasteiger partial charge in [-0.05, 0) is 48.7 Å². The van der Waals surface area contributed by atoms with E-state index in [4.69, 9.17) is 0 Å². The highest BCUT2D eigenvalue weighted by Crippen LogP contribution is 2.17. The highest BCUT2D eigenvalue weighted by molar-refractivity contribution is 5.93. The highest BCUT2D eigenvalue weighted by Gasteiger charge is 2.31. The molecule has 6 nitrogen and oxygen atoms in total. The molecule has 0 saturated carbocycles. The summed E-state index contributed by atoms with van der Waals surface area (Å²) in [4.78, 5) is 27.3. The maximum Gasteiger partial charge on any atom is 0.282 e. The van der Waals surface area contributed by atoms with E-state index >= 15 is 0 Å². The minimum absolute atomic E-state index is 0.0135. The molecule has 0 radical (unpaired) electrons. The van der Waals surface area contributed by atoms with Crippen LogP contribution in [0.5, 0.6) is 0 Å². The second-order valence-corrected chi connectivity index (χ2v) is 8.63. The molecule has 4 N–H and O–H groups in total. The average molecular weight is 429 g/mol. The van der Waals surface area contributed by atoms with Crippen LogP contribution in [0.4, 0.5) is 15.8 Å². The van der Waals surface area contributed by atoms with Crippen molar-refractivity contribution in [3.8, 4) is 0 Å². The lowest BCUT2D eigenvalue weighted by molar-refractivity contribution is -1.01. The molecule has 0 spiro atoms. The third kappa shape index (κ3) is 6.60. The molecule has 1 aliphatic rings. The van der Waals surface area contributed by atoms with Gasteiger partial charge in [-0.25, -0.2) is 4.39 Å². The number of halogens is 1. The Morgan fingerprint density at radius 1 is 0.935 bits per heavy atom. The predicted octanol–water partition coefficient (Wildman–Crippen LogP) is 0.698. The molecule has 0 aromatic heterocycles. The number of anilines is 2. The maximum absolute atomic E-state index is 13.3. The minimum Gasteiger partial charge on any atom is -0.321 e. The summed E-state index contributed by atoms with van der Waals surface area (Å²) in [5.41, 5.74) is 2.54. The topological polar surface area (TPSA) is 67.1 Å². The Hall–Kier alpha value is -2.77. The first kappa shape index (κ1) is 22.9. The van der Waals surface area contributed by atoms with Crippen LogP contribution >= 0.6 is 0 Å². The Morgan fingerprint density at radius 3 is 2.23 bits per heavy atom. The van der Waals surface area contributed by atoms with E-state index in [-0.39, 0.29) is 23.7 Å². The van der Waals surface area contributed by atoms with Gasteiger partial charge >= 0.3 is 0 Å². The van der Waals surface area contributed by atoms with Gasteiger partial charge in [0, 0.05) is 11.4 Å². The van der Waals surface area contributed by atoms with Gasteiger partial charge in [-0.1, -0.05) is 32.0 Å². The maximum atomic E-state index is 13.3. The van der Waals surface area contributed by atoms with Crippen LogP contribution in [0.25, 0.3) is 0 Å². The number of amides is 2. The molecule has 31 heavy (non-hydrogen) atoms. The normalized spacial score (nSPS) is 19.6. The van der Waals surface area contributed by atoms with Crippen LogP contribution in [-0.2, 0) is 9.59 Å². The molecule has 1 heterocycles. The summed E-state index contributed by atoms with van der Waals surface area (Å²) in [6.45, 7) is 9.85. The number of quaternary nitrogens is 2. The van der Waals surface area contributed by atoms with E-state index in [1.54, 1.807) is 12.1 Å². The smallest absolute Gasteiger partial charge is 0.282 e. The van der Waals surface area contributed by atoms with Gasteiger partial charge in [0.15, 0.2) is 12.6 Å². The standard InChI is InChI=1S/C24H31FN4O2/c1-17(2)19-7-9-21(10-8-19)27-24(31)18(3)29-13-11-28(12-14-29)16-23(30)26-22-6-4-5-20(25)15-22/h4-10,15,17-18H,11-14,16H2,1-3H3,(H,26,30)(H,27,31)/p+2/t18-/m1/s1. The van der Waals surface area contributed by atoms with Crippen molar-refractivity contribution in [3.05, 3.63) is 59.9 Å². The van der Waals surface area contributed by atoms with Crippen LogP contribution < -0.4 is 20.4 Å². The molecule has 0 unspecified atom stereocenters. The van der Waals surface area contributed by atoms with Gasteiger partial charge in [-0.2, -0.15) is 0 Å². The zero-order chi connectivity index (χ0) is 22.4. The van der Waals surface area contributed by atoms with Gasteiger partial charge in [-0.15, -0.1) is 0 Å². The van der Waals surface area contributed by atoms with Crippen molar-refractivity contribution < 1.29 is 23.8 Å². The number of carbonyl (C=O) groups is 2. The van der Waals surface area contributed by atoms with Crippen molar-refractivity contribution in [1.29, 1.82) is 0 Å². The van der Waals surface area contributed by atoms with Crippen molar-refractivity contribution in [1.82, 2.24) is 0 Å². The Balaban J connectivity index is 1.43. The summed E-state index contributed by atoms with van der Waals surface area (Å²) < 4.78 is 13.3. The van der Waals surface area contributed by atoms with E-state index < -0.39 is 0 Å². The molecule has 0 bridgehead atoms. The first-order chi connectivity index (χ1) is 14.8. The lowest BCUT2D eigenvalue weighted by Gasteiger charge is -2.32. The van der Waals surface area contributed by atoms with E-state index in [2.05, 4.69) is 36.6 Å². The molecular formula is C24H33FN4O2+2. The number of hydrogen-bond donors (Lipinski definition) is 4. The summed E-state index contributed by atoms with van der Waals surface area (Å²) in [5.74, 6) is -0.0207. The second-order valence-electron chi connectivity index (χ2n) is 8.63. The first-order valence-corrected chi connectivity index (χ1v) is 11.0. The molecule has 1 fully saturated rings. The number of nitrogens with one attached hydrogen (secondary N) is 4. The Morgan fingerprint density at radius 2 is 1.61 bits per heavy atom. The Bertz CT molecular complexity index is 893. The third-order valence-corrected chi connectivity index (χ3v) is 5.97. The van der Waals surface area contributed by atoms with Gasteiger partial charge in [0.1, 0.15) is 32.0 Å². The number of benzene rings is 2. The first-order valence-electron chi connectivity index (χ1n) is 11.0. The van der Waals surface area contributed by atoms with E-state index in [0.29, 0.717) is 18.2 Å². The predicted molar refractivity (Wildman–Crippen MR) is 120 cm³/mol. The summed E-state index contributed by atoms with van der Waals surface area (Å²) >= 11 is 0. The zero-order valence-electron chi connectivity index (χ0n) is 18.5. The van der Waals surface area contributed by atoms with Gasteiger partial charge in [0.25, 0.3) is 11.8 Å². The van der Waals surface area contributed by atoms with Crippen molar-refractivity contribution in [2.24, 2.45) is 0 Å². The average Bonchev–Trinajstić information content (AvgIpc) is 2.74. The van der Waals surface area contributed by atoms with Crippen molar-refractivity contribution in [2.75, 3.05) is 43.4 Å². The Kier molecular flexibility index (Phi) is 7.76. The summed E-state index contributed by atoms with van der Waals surface area (Å²) in [7, 11) is 0. The largest absolute Gasteiger partial charge is 0.321 e. The van der Waals surface area contributed by atoms with Crippen molar-refractivity contribution >= 4 is 23.2 Å². The van der Waals surface area contributed by atoms with Crippen LogP contribution in [-0.4, -0.2) is 50.6 Å². The number of rotatable bonds is 7. The molecule has 2 amide bonds. The number of carbonyl (C=O) groups excluding carboxylic acids is 2. The monoisotopic (exact) mass is 428 g/mol. The molecule has 7 heteroatoms. The quantitative estimate of drug-likeness (QED) is 0.525. The van der Waals surface area contributed by atoms with Crippen molar-refractivity contribution in [3.63, 3.8) is 0 Å². The van der Waals surface area contributed by atoms with Gasteiger partial charge in [-0.3, -0.25) is 9.59 Å². The molecule has 2 aromatic rings. The highest BCUT2D eigenvalue weighted by atomic mass is 19.1. The summed E-state index contributed by atoms with van der Waals surface area (Å²) in [6.07, 6.45) is 0. The molecule has 3 rings (SSSR count). The van der Waals surface area contributed by atoms with Crippen molar-refractivity contribution in [2.45, 2.75) is 32.7 Å². The lowest BCUT2D eigenvalue weighted by Crippen LogP contribution is -3.30. The van der Waals surface area contributed by atoms with Gasteiger partial charge < -0.3 is 20.4 Å². The summed E-state index contributed by atoms with van der Waals surface area (Å²) in [6, 6.07) is 13.8. The fourth-order valence-electron chi connectivity index (χ4n) is 3.92. The van der Waals surface area contributed by atoms with Crippen LogP contribution in [0.2, 0.25) is 0 Å². The van der Waals surface area contributed by atoms with E-state index in [1.807, 2.05) is 19.1 Å². The third-order valence-electron chi connectivity index (χ3n) is 5.97. The molecule has 1 atom stereocenters. The van der Waals surface area contributed by atoms with Gasteiger partial charge in [0.05, 0.1) is 0 Å². The second kappa shape index (κ2) is 10.5. The molecule has 2 aromatic carbocycles. The fraction of sp³-hybridized carbons (Fsp3) is 0.417. The molecule has 0 aliphatic carbocycles. The fourth-order valence-corrected chi connectivity index (χ4v) is 3.92. The van der Waals surface area contributed by atoms with Crippen LogP contribution in [0.15, 0.2) is 48.5 Å². The van der Waals surface area contributed by atoms with Crippen LogP contribution in [0.1, 0.15) is 32.3 Å². The summed E-state index contributed by atoms with van der Waals surface area (Å²) in [5, 5.41) is 5.77. The Labute approximate surface area is 183 Å². The SMILES string of the molecule is CC(C)c1ccc(NC(=O)[C@@H](C)[NH+]2CC[NH+](CC(=O)Nc3cccc(F)c3)CC2)cc1. The minimum atomic E-state index is -0.370. The number of piperazine rings is 1. The van der Waals surface area contributed by atoms with E-state index in [9.17, 15) is 14.0 Å². The zero-order valence-corrected chi connectivity index (χ0v) is 18.5. The van der Waals surface area contributed by atoms with E-state index in [1.165, 1.54) is 27.5 Å². The molecule has 1 aliphatic heterocycles. The molecule has 1 saturated heterocycles. The number of hydrogen-bond acceptors (Lipinski definition) is 2. The van der Waals surface area contributed by atoms with Crippen LogP contribution in [0.3, 0.4) is 0 Å². The lowest BCUT2D eigenvalue weighted by atomic mass is 10.0. The molecule has 166 valence electrons.